The normalized spacial score (nSPS) is 8.64. The number of unbranched alkanes of at least 4 members (excludes halogenated alkanes) is 6. The van der Waals surface area contributed by atoms with E-state index in [1.807, 2.05) is 0 Å². The van der Waals surface area contributed by atoms with E-state index in [9.17, 15) is 4.79 Å². The smallest absolute Gasteiger partial charge is 0.303 e. The van der Waals surface area contributed by atoms with E-state index in [0.29, 0.717) is 6.42 Å². The van der Waals surface area contributed by atoms with Crippen LogP contribution in [-0.4, -0.2) is 70.2 Å². The minimum absolute atomic E-state index is 0. The molecule has 0 aliphatic heterocycles. The van der Waals surface area contributed by atoms with Gasteiger partial charge < -0.3 is 5.11 Å². The van der Waals surface area contributed by atoms with Gasteiger partial charge in [0.2, 0.25) is 0 Å². The molecular formula is C10H20Na2O2. The average molecular weight is 218 g/mol. The molecule has 2 radical (unpaired) electrons. The maximum atomic E-state index is 10.1. The van der Waals surface area contributed by atoms with Crippen LogP contribution < -0.4 is 0 Å². The SMILES string of the molecule is CCCCCCCCCC(=O)O.[Na].[Na]. The molecule has 0 saturated carbocycles. The summed E-state index contributed by atoms with van der Waals surface area (Å²) >= 11 is 0. The summed E-state index contributed by atoms with van der Waals surface area (Å²) in [7, 11) is 0. The van der Waals surface area contributed by atoms with Crippen LogP contribution in [0.4, 0.5) is 0 Å². The van der Waals surface area contributed by atoms with Crippen LogP contribution in [0.1, 0.15) is 58.3 Å². The van der Waals surface area contributed by atoms with Crippen LogP contribution in [0.5, 0.6) is 0 Å². The Morgan fingerprint density at radius 3 is 1.79 bits per heavy atom. The predicted molar refractivity (Wildman–Crippen MR) is 61.8 cm³/mol. The quantitative estimate of drug-likeness (QED) is 0.502. The Morgan fingerprint density at radius 2 is 1.36 bits per heavy atom. The summed E-state index contributed by atoms with van der Waals surface area (Å²) in [5.41, 5.74) is 0. The van der Waals surface area contributed by atoms with Gasteiger partial charge in [-0.15, -0.1) is 0 Å². The van der Waals surface area contributed by atoms with Crippen molar-refractivity contribution in [2.75, 3.05) is 0 Å². The Labute approximate surface area is 132 Å². The van der Waals surface area contributed by atoms with Gasteiger partial charge in [-0.1, -0.05) is 45.4 Å². The van der Waals surface area contributed by atoms with Gasteiger partial charge in [-0.3, -0.25) is 4.79 Å². The van der Waals surface area contributed by atoms with Crippen LogP contribution in [-0.2, 0) is 4.79 Å². The van der Waals surface area contributed by atoms with Gasteiger partial charge in [0.25, 0.3) is 0 Å². The molecular weight excluding hydrogens is 198 g/mol. The standard InChI is InChI=1S/C10H20O2.2Na/c1-2-3-4-5-6-7-8-9-10(11)12;;/h2-9H2,1H3,(H,11,12);;. The van der Waals surface area contributed by atoms with E-state index in [2.05, 4.69) is 6.92 Å². The van der Waals surface area contributed by atoms with Crippen molar-refractivity contribution in [2.24, 2.45) is 0 Å². The molecule has 0 aromatic carbocycles. The molecule has 0 aromatic rings. The van der Waals surface area contributed by atoms with Crippen molar-refractivity contribution in [1.82, 2.24) is 0 Å². The molecule has 0 rings (SSSR count). The number of hydrogen-bond acceptors (Lipinski definition) is 1. The zero-order valence-electron chi connectivity index (χ0n) is 10.0. The van der Waals surface area contributed by atoms with Crippen molar-refractivity contribution in [3.05, 3.63) is 0 Å². The Balaban J connectivity index is -0.000000605. The summed E-state index contributed by atoms with van der Waals surface area (Å²) in [5, 5.41) is 8.35. The van der Waals surface area contributed by atoms with E-state index >= 15 is 0 Å². The van der Waals surface area contributed by atoms with Crippen molar-refractivity contribution < 1.29 is 9.90 Å². The van der Waals surface area contributed by atoms with Crippen LogP contribution in [0.2, 0.25) is 0 Å². The Bertz CT molecular complexity index is 119. The van der Waals surface area contributed by atoms with Crippen LogP contribution in [0, 0.1) is 0 Å². The van der Waals surface area contributed by atoms with Gasteiger partial charge in [-0.25, -0.2) is 0 Å². The minimum Gasteiger partial charge on any atom is -0.481 e. The minimum atomic E-state index is -0.663. The molecule has 0 aromatic heterocycles. The van der Waals surface area contributed by atoms with Crippen molar-refractivity contribution in [3.63, 3.8) is 0 Å². The molecule has 74 valence electrons. The molecule has 0 amide bonds. The van der Waals surface area contributed by atoms with Crippen molar-refractivity contribution in [2.45, 2.75) is 58.3 Å². The topological polar surface area (TPSA) is 37.3 Å². The van der Waals surface area contributed by atoms with E-state index in [-0.39, 0.29) is 59.1 Å². The number of rotatable bonds is 8. The van der Waals surface area contributed by atoms with Crippen LogP contribution in [0.25, 0.3) is 0 Å². The van der Waals surface area contributed by atoms with Crippen molar-refractivity contribution >= 4 is 65.1 Å². The summed E-state index contributed by atoms with van der Waals surface area (Å²) in [6.07, 6.45) is 8.64. The first-order chi connectivity index (χ1) is 5.77. The third-order valence-corrected chi connectivity index (χ3v) is 1.99. The summed E-state index contributed by atoms with van der Waals surface area (Å²) in [6.45, 7) is 2.20. The zero-order valence-corrected chi connectivity index (χ0v) is 14.0. The summed E-state index contributed by atoms with van der Waals surface area (Å²) < 4.78 is 0. The van der Waals surface area contributed by atoms with Gasteiger partial charge in [-0.2, -0.15) is 0 Å². The van der Waals surface area contributed by atoms with E-state index in [1.54, 1.807) is 0 Å². The van der Waals surface area contributed by atoms with Gasteiger partial charge in [0.15, 0.2) is 0 Å². The first-order valence-electron chi connectivity index (χ1n) is 4.99. The van der Waals surface area contributed by atoms with E-state index in [1.165, 1.54) is 32.1 Å². The average Bonchev–Trinajstić information content (AvgIpc) is 2.02. The second kappa shape index (κ2) is 16.9. The number of carboxylic acid groups (broad SMARTS) is 1. The Morgan fingerprint density at radius 1 is 0.929 bits per heavy atom. The van der Waals surface area contributed by atoms with E-state index in [0.717, 1.165) is 12.8 Å². The fraction of sp³-hybridized carbons (Fsp3) is 0.900. The predicted octanol–water partition coefficient (Wildman–Crippen LogP) is 2.45. The second-order valence-electron chi connectivity index (χ2n) is 3.27. The molecule has 0 saturated heterocycles. The summed E-state index contributed by atoms with van der Waals surface area (Å²) in [4.78, 5) is 10.1. The third-order valence-electron chi connectivity index (χ3n) is 1.99. The Kier molecular flexibility index (Phi) is 25.1. The molecule has 2 nitrogen and oxygen atoms in total. The first-order valence-corrected chi connectivity index (χ1v) is 4.99. The van der Waals surface area contributed by atoms with Crippen LogP contribution >= 0.6 is 0 Å². The fourth-order valence-electron chi connectivity index (χ4n) is 1.23. The van der Waals surface area contributed by atoms with Gasteiger partial charge in [-0.05, 0) is 6.42 Å². The maximum absolute atomic E-state index is 10.1. The summed E-state index contributed by atoms with van der Waals surface area (Å²) in [6, 6.07) is 0. The Hall–Kier alpha value is 1.47. The van der Waals surface area contributed by atoms with Gasteiger partial charge in [0, 0.05) is 65.5 Å². The molecule has 0 aliphatic carbocycles. The number of carbonyl (C=O) groups is 1. The molecule has 1 N–H and O–H groups in total. The molecule has 0 bridgehead atoms. The summed E-state index contributed by atoms with van der Waals surface area (Å²) in [5.74, 6) is -0.663. The molecule has 0 spiro atoms. The molecule has 0 atom stereocenters. The zero-order chi connectivity index (χ0) is 9.23. The van der Waals surface area contributed by atoms with E-state index < -0.39 is 5.97 Å². The first kappa shape index (κ1) is 20.8. The van der Waals surface area contributed by atoms with Crippen LogP contribution in [0.3, 0.4) is 0 Å². The number of hydrogen-bond donors (Lipinski definition) is 1. The van der Waals surface area contributed by atoms with Crippen LogP contribution in [0.15, 0.2) is 0 Å². The third kappa shape index (κ3) is 19.1. The molecule has 0 fully saturated rings. The van der Waals surface area contributed by atoms with E-state index in [4.69, 9.17) is 5.11 Å². The number of aliphatic carboxylic acids is 1. The second-order valence-corrected chi connectivity index (χ2v) is 3.27. The molecule has 4 heteroatoms. The fourth-order valence-corrected chi connectivity index (χ4v) is 1.23. The molecule has 0 heterocycles. The molecule has 14 heavy (non-hydrogen) atoms. The van der Waals surface area contributed by atoms with Crippen molar-refractivity contribution in [1.29, 1.82) is 0 Å². The maximum Gasteiger partial charge on any atom is 0.303 e. The van der Waals surface area contributed by atoms with Gasteiger partial charge in [0.1, 0.15) is 0 Å². The number of carboxylic acids is 1. The van der Waals surface area contributed by atoms with Crippen molar-refractivity contribution in [3.8, 4) is 0 Å². The monoisotopic (exact) mass is 218 g/mol. The molecule has 0 aliphatic rings. The van der Waals surface area contributed by atoms with Gasteiger partial charge >= 0.3 is 5.97 Å². The largest absolute Gasteiger partial charge is 0.481 e. The van der Waals surface area contributed by atoms with Gasteiger partial charge in [0.05, 0.1) is 0 Å². The molecule has 0 unspecified atom stereocenters.